The molecule has 28 heavy (non-hydrogen) atoms. The van der Waals surface area contributed by atoms with E-state index in [1.54, 1.807) is 12.1 Å². The van der Waals surface area contributed by atoms with Gasteiger partial charge in [0.1, 0.15) is 22.8 Å². The number of ether oxygens (including phenoxy) is 4. The van der Waals surface area contributed by atoms with E-state index in [-0.39, 0.29) is 11.3 Å². The minimum Gasteiger partial charge on any atom is -0.497 e. The SMILES string of the molecule is COc1ccc(OC)c(NC(=O)C(C)OC(=O)c2ccccc2OC(F)F)c1. The number of amides is 1. The molecule has 2 aromatic carbocycles. The van der Waals surface area contributed by atoms with E-state index in [2.05, 4.69) is 10.1 Å². The van der Waals surface area contributed by atoms with Gasteiger partial charge in [-0.1, -0.05) is 12.1 Å². The second kappa shape index (κ2) is 9.54. The summed E-state index contributed by atoms with van der Waals surface area (Å²) >= 11 is 0. The van der Waals surface area contributed by atoms with Gasteiger partial charge in [0.15, 0.2) is 6.10 Å². The molecule has 0 spiro atoms. The number of benzene rings is 2. The highest BCUT2D eigenvalue weighted by atomic mass is 19.3. The zero-order chi connectivity index (χ0) is 20.7. The Bertz CT molecular complexity index is 843. The molecule has 1 atom stereocenters. The molecule has 0 heterocycles. The molecule has 0 aliphatic heterocycles. The van der Waals surface area contributed by atoms with Crippen molar-refractivity contribution in [2.24, 2.45) is 0 Å². The van der Waals surface area contributed by atoms with Crippen molar-refractivity contribution in [3.05, 3.63) is 48.0 Å². The summed E-state index contributed by atoms with van der Waals surface area (Å²) in [5.41, 5.74) is 0.0950. The third kappa shape index (κ3) is 5.32. The Morgan fingerprint density at radius 1 is 1.00 bits per heavy atom. The lowest BCUT2D eigenvalue weighted by atomic mass is 10.2. The number of halogens is 2. The maximum absolute atomic E-state index is 12.5. The largest absolute Gasteiger partial charge is 0.497 e. The van der Waals surface area contributed by atoms with E-state index in [9.17, 15) is 18.4 Å². The number of carbonyl (C=O) groups is 2. The van der Waals surface area contributed by atoms with Crippen LogP contribution in [0.3, 0.4) is 0 Å². The first-order valence-electron chi connectivity index (χ1n) is 8.13. The van der Waals surface area contributed by atoms with Crippen molar-refractivity contribution >= 4 is 17.6 Å². The van der Waals surface area contributed by atoms with Crippen molar-refractivity contribution in [2.75, 3.05) is 19.5 Å². The summed E-state index contributed by atoms with van der Waals surface area (Å²) in [5, 5.41) is 2.57. The van der Waals surface area contributed by atoms with Crippen LogP contribution in [-0.4, -0.2) is 38.8 Å². The number of methoxy groups -OCH3 is 2. The fourth-order valence-corrected chi connectivity index (χ4v) is 2.26. The Labute approximate surface area is 160 Å². The molecule has 9 heteroatoms. The van der Waals surface area contributed by atoms with Gasteiger partial charge in [0.25, 0.3) is 5.91 Å². The van der Waals surface area contributed by atoms with Gasteiger partial charge in [-0.15, -0.1) is 0 Å². The van der Waals surface area contributed by atoms with Crippen molar-refractivity contribution in [1.82, 2.24) is 0 Å². The van der Waals surface area contributed by atoms with E-state index >= 15 is 0 Å². The highest BCUT2D eigenvalue weighted by Crippen LogP contribution is 2.29. The van der Waals surface area contributed by atoms with Crippen LogP contribution < -0.4 is 19.5 Å². The van der Waals surface area contributed by atoms with Crippen molar-refractivity contribution in [3.63, 3.8) is 0 Å². The molecule has 2 aromatic rings. The quantitative estimate of drug-likeness (QED) is 0.689. The van der Waals surface area contributed by atoms with Crippen molar-refractivity contribution in [2.45, 2.75) is 19.6 Å². The number of esters is 1. The molecule has 7 nitrogen and oxygen atoms in total. The Hall–Kier alpha value is -3.36. The number of hydrogen-bond acceptors (Lipinski definition) is 6. The summed E-state index contributed by atoms with van der Waals surface area (Å²) in [6, 6.07) is 10.1. The topological polar surface area (TPSA) is 83.1 Å². The number of alkyl halides is 2. The van der Waals surface area contributed by atoms with E-state index < -0.39 is 24.6 Å². The van der Waals surface area contributed by atoms with Crippen LogP contribution >= 0.6 is 0 Å². The Morgan fingerprint density at radius 3 is 2.36 bits per heavy atom. The number of carbonyl (C=O) groups excluding carboxylic acids is 2. The second-order valence-electron chi connectivity index (χ2n) is 5.48. The zero-order valence-electron chi connectivity index (χ0n) is 15.4. The van der Waals surface area contributed by atoms with Crippen LogP contribution in [0.2, 0.25) is 0 Å². The molecule has 0 radical (unpaired) electrons. The van der Waals surface area contributed by atoms with Gasteiger partial charge in [-0.2, -0.15) is 8.78 Å². The molecule has 0 aliphatic carbocycles. The predicted octanol–water partition coefficient (Wildman–Crippen LogP) is 3.49. The van der Waals surface area contributed by atoms with Crippen LogP contribution in [0.25, 0.3) is 0 Å². The number of hydrogen-bond donors (Lipinski definition) is 1. The first-order chi connectivity index (χ1) is 13.3. The monoisotopic (exact) mass is 395 g/mol. The molecule has 1 amide bonds. The van der Waals surface area contributed by atoms with E-state index in [1.807, 2.05) is 0 Å². The van der Waals surface area contributed by atoms with Crippen molar-refractivity contribution < 1.29 is 37.3 Å². The van der Waals surface area contributed by atoms with Crippen LogP contribution in [-0.2, 0) is 9.53 Å². The average Bonchev–Trinajstić information content (AvgIpc) is 2.67. The standard InChI is InChI=1S/C19H19F2NO6/c1-11(17(23)22-14-10-12(25-2)8-9-16(14)26-3)27-18(24)13-6-4-5-7-15(13)28-19(20)21/h4-11,19H,1-3H3,(H,22,23). The molecule has 0 fully saturated rings. The summed E-state index contributed by atoms with van der Waals surface area (Å²) in [4.78, 5) is 24.6. The van der Waals surface area contributed by atoms with Gasteiger partial charge in [0, 0.05) is 6.07 Å². The summed E-state index contributed by atoms with van der Waals surface area (Å²) in [6.07, 6.45) is -1.22. The predicted molar refractivity (Wildman–Crippen MR) is 96.1 cm³/mol. The van der Waals surface area contributed by atoms with Crippen LogP contribution in [0.4, 0.5) is 14.5 Å². The Morgan fingerprint density at radius 2 is 1.71 bits per heavy atom. The Kier molecular flexibility index (Phi) is 7.14. The number of anilines is 1. The zero-order valence-corrected chi connectivity index (χ0v) is 15.4. The number of rotatable bonds is 8. The lowest BCUT2D eigenvalue weighted by molar-refractivity contribution is -0.123. The molecular weight excluding hydrogens is 376 g/mol. The molecule has 0 saturated heterocycles. The molecular formula is C19H19F2NO6. The molecule has 0 saturated carbocycles. The van der Waals surface area contributed by atoms with Crippen LogP contribution in [0, 0.1) is 0 Å². The molecule has 1 N–H and O–H groups in total. The van der Waals surface area contributed by atoms with Crippen molar-refractivity contribution in [3.8, 4) is 17.2 Å². The minimum atomic E-state index is -3.10. The summed E-state index contributed by atoms with van der Waals surface area (Å²) < 4.78 is 44.6. The average molecular weight is 395 g/mol. The highest BCUT2D eigenvalue weighted by molar-refractivity contribution is 5.99. The maximum atomic E-state index is 12.5. The fourth-order valence-electron chi connectivity index (χ4n) is 2.26. The summed E-state index contributed by atoms with van der Waals surface area (Å²) in [6.45, 7) is -1.76. The van der Waals surface area contributed by atoms with Gasteiger partial charge in [0.2, 0.25) is 0 Å². The molecule has 2 rings (SSSR count). The van der Waals surface area contributed by atoms with Gasteiger partial charge >= 0.3 is 12.6 Å². The molecule has 0 bridgehead atoms. The highest BCUT2D eigenvalue weighted by Gasteiger charge is 2.23. The maximum Gasteiger partial charge on any atom is 0.387 e. The minimum absolute atomic E-state index is 0.221. The van der Waals surface area contributed by atoms with Crippen molar-refractivity contribution in [1.29, 1.82) is 0 Å². The van der Waals surface area contributed by atoms with Gasteiger partial charge in [0.05, 0.1) is 19.9 Å². The summed E-state index contributed by atoms with van der Waals surface area (Å²) in [7, 11) is 2.90. The lowest BCUT2D eigenvalue weighted by Crippen LogP contribution is -2.30. The smallest absolute Gasteiger partial charge is 0.387 e. The fraction of sp³-hybridized carbons (Fsp3) is 0.263. The molecule has 150 valence electrons. The van der Waals surface area contributed by atoms with Gasteiger partial charge in [-0.3, -0.25) is 4.79 Å². The number of para-hydroxylation sites is 1. The molecule has 0 aromatic heterocycles. The van der Waals surface area contributed by atoms with E-state index in [0.29, 0.717) is 17.2 Å². The first-order valence-corrected chi connectivity index (χ1v) is 8.13. The third-order valence-corrected chi connectivity index (χ3v) is 3.64. The van der Waals surface area contributed by atoms with Gasteiger partial charge in [-0.05, 0) is 31.2 Å². The first kappa shape index (κ1) is 20.9. The second-order valence-corrected chi connectivity index (χ2v) is 5.48. The lowest BCUT2D eigenvalue weighted by Gasteiger charge is -2.16. The molecule has 1 unspecified atom stereocenters. The van der Waals surface area contributed by atoms with Crippen LogP contribution in [0.5, 0.6) is 17.2 Å². The third-order valence-electron chi connectivity index (χ3n) is 3.64. The van der Waals surface area contributed by atoms with Crippen LogP contribution in [0.15, 0.2) is 42.5 Å². The normalized spacial score (nSPS) is 11.5. The van der Waals surface area contributed by atoms with E-state index in [0.717, 1.165) is 0 Å². The summed E-state index contributed by atoms with van der Waals surface area (Å²) in [5.74, 6) is -1.10. The van der Waals surface area contributed by atoms with E-state index in [4.69, 9.17) is 14.2 Å². The number of nitrogens with one attached hydrogen (secondary N) is 1. The van der Waals surface area contributed by atoms with Gasteiger partial charge in [-0.25, -0.2) is 4.79 Å². The molecule has 0 aliphatic rings. The van der Waals surface area contributed by atoms with Gasteiger partial charge < -0.3 is 24.3 Å². The van der Waals surface area contributed by atoms with Crippen LogP contribution in [0.1, 0.15) is 17.3 Å². The Balaban J connectivity index is 2.10. The van der Waals surface area contributed by atoms with E-state index in [1.165, 1.54) is 51.5 Å².